The molecule has 0 saturated heterocycles. The quantitative estimate of drug-likeness (QED) is 0.415. The third-order valence-electron chi connectivity index (χ3n) is 4.80. The van der Waals surface area contributed by atoms with E-state index in [4.69, 9.17) is 4.98 Å². The zero-order chi connectivity index (χ0) is 18.1. The van der Waals surface area contributed by atoms with Gasteiger partial charge in [-0.2, -0.15) is 0 Å². The Bertz CT molecular complexity index is 1170. The summed E-state index contributed by atoms with van der Waals surface area (Å²) in [6.07, 6.45) is 6.52. The number of rotatable bonds is 2. The smallest absolute Gasteiger partial charge is 0.138 e. The fourth-order valence-corrected chi connectivity index (χ4v) is 3.49. The second kappa shape index (κ2) is 6.58. The lowest BCUT2D eigenvalue weighted by atomic mass is 10.0. The van der Waals surface area contributed by atoms with Crippen molar-refractivity contribution in [1.82, 2.24) is 4.98 Å². The van der Waals surface area contributed by atoms with Gasteiger partial charge < -0.3 is 0 Å². The number of hydrogen-bond acceptors (Lipinski definition) is 2. The zero-order valence-electron chi connectivity index (χ0n) is 14.8. The number of nitrogens with zero attached hydrogens (tertiary/aromatic N) is 2. The molecule has 5 rings (SSSR count). The highest BCUT2D eigenvalue weighted by Gasteiger charge is 2.20. The molecule has 0 spiro atoms. The molecule has 2 heteroatoms. The van der Waals surface area contributed by atoms with Gasteiger partial charge in [-0.05, 0) is 47.5 Å². The van der Waals surface area contributed by atoms with Gasteiger partial charge in [0, 0.05) is 11.1 Å². The maximum atomic E-state index is 4.94. The Balaban J connectivity index is 1.70. The predicted molar refractivity (Wildman–Crippen MR) is 114 cm³/mol. The predicted octanol–water partition coefficient (Wildman–Crippen LogP) is 6.44. The Labute approximate surface area is 158 Å². The SMILES string of the molecule is C1=Cc2ccccc2N(c2ccc3ccccc3n2)C1=Cc1ccccc1. The molecule has 0 fully saturated rings. The summed E-state index contributed by atoms with van der Waals surface area (Å²) >= 11 is 0. The van der Waals surface area contributed by atoms with Crippen LogP contribution in [0.3, 0.4) is 0 Å². The zero-order valence-corrected chi connectivity index (χ0v) is 14.8. The second-order valence-electron chi connectivity index (χ2n) is 6.57. The molecule has 27 heavy (non-hydrogen) atoms. The molecule has 0 aliphatic carbocycles. The van der Waals surface area contributed by atoms with E-state index >= 15 is 0 Å². The highest BCUT2D eigenvalue weighted by atomic mass is 15.2. The molecule has 3 aromatic carbocycles. The number of hydrogen-bond donors (Lipinski definition) is 0. The van der Waals surface area contributed by atoms with Gasteiger partial charge in [-0.3, -0.25) is 4.90 Å². The summed E-state index contributed by atoms with van der Waals surface area (Å²) in [5, 5.41) is 1.15. The first-order chi connectivity index (χ1) is 13.4. The molecule has 0 N–H and O–H groups in total. The van der Waals surface area contributed by atoms with E-state index in [2.05, 4.69) is 95.9 Å². The largest absolute Gasteiger partial charge is 0.294 e. The van der Waals surface area contributed by atoms with Gasteiger partial charge in [-0.1, -0.05) is 72.8 Å². The highest BCUT2D eigenvalue weighted by Crippen LogP contribution is 2.37. The molecular formula is C25H18N2. The summed E-state index contributed by atoms with van der Waals surface area (Å²) in [6.45, 7) is 0. The van der Waals surface area contributed by atoms with E-state index in [0.29, 0.717) is 0 Å². The molecule has 0 atom stereocenters. The van der Waals surface area contributed by atoms with Crippen molar-refractivity contribution in [3.8, 4) is 0 Å². The van der Waals surface area contributed by atoms with Gasteiger partial charge in [-0.15, -0.1) is 0 Å². The molecule has 1 aromatic heterocycles. The van der Waals surface area contributed by atoms with Crippen molar-refractivity contribution in [2.75, 3.05) is 4.90 Å². The lowest BCUT2D eigenvalue weighted by Crippen LogP contribution is -2.19. The van der Waals surface area contributed by atoms with Crippen LogP contribution in [0.25, 0.3) is 23.1 Å². The number of pyridine rings is 1. The molecule has 0 saturated carbocycles. The first kappa shape index (κ1) is 15.6. The molecule has 0 amide bonds. The average Bonchev–Trinajstić information content (AvgIpc) is 2.74. The molecule has 0 unspecified atom stereocenters. The fraction of sp³-hybridized carbons (Fsp3) is 0. The molecule has 0 bridgehead atoms. The summed E-state index contributed by atoms with van der Waals surface area (Å²) in [4.78, 5) is 7.17. The minimum absolute atomic E-state index is 0.924. The van der Waals surface area contributed by atoms with Crippen LogP contribution in [0.1, 0.15) is 11.1 Å². The maximum Gasteiger partial charge on any atom is 0.138 e. The first-order valence-electron chi connectivity index (χ1n) is 9.08. The lowest BCUT2D eigenvalue weighted by Gasteiger charge is -2.30. The van der Waals surface area contributed by atoms with Crippen LogP contribution in [-0.2, 0) is 0 Å². The first-order valence-corrected chi connectivity index (χ1v) is 9.08. The third kappa shape index (κ3) is 2.91. The van der Waals surface area contributed by atoms with Crippen molar-refractivity contribution in [2.45, 2.75) is 0 Å². The van der Waals surface area contributed by atoms with Gasteiger partial charge >= 0.3 is 0 Å². The maximum absolute atomic E-state index is 4.94. The minimum Gasteiger partial charge on any atom is -0.294 e. The molecule has 2 nitrogen and oxygen atoms in total. The second-order valence-corrected chi connectivity index (χ2v) is 6.57. The minimum atomic E-state index is 0.924. The van der Waals surface area contributed by atoms with E-state index in [1.54, 1.807) is 0 Å². The Morgan fingerprint density at radius 2 is 1.44 bits per heavy atom. The van der Waals surface area contributed by atoms with Crippen molar-refractivity contribution < 1.29 is 0 Å². The van der Waals surface area contributed by atoms with Crippen molar-refractivity contribution in [3.05, 3.63) is 114 Å². The number of aromatic nitrogens is 1. The molecular weight excluding hydrogens is 328 g/mol. The van der Waals surface area contributed by atoms with E-state index in [-0.39, 0.29) is 0 Å². The van der Waals surface area contributed by atoms with Crippen LogP contribution < -0.4 is 4.90 Å². The fourth-order valence-electron chi connectivity index (χ4n) is 3.49. The Hall–Kier alpha value is -3.65. The molecule has 0 radical (unpaired) electrons. The number of anilines is 2. The average molecular weight is 346 g/mol. The van der Waals surface area contributed by atoms with Crippen LogP contribution in [0.5, 0.6) is 0 Å². The van der Waals surface area contributed by atoms with Crippen LogP contribution in [0.4, 0.5) is 11.5 Å². The summed E-state index contributed by atoms with van der Waals surface area (Å²) in [5.74, 6) is 0.924. The molecule has 2 heterocycles. The topological polar surface area (TPSA) is 16.1 Å². The molecule has 1 aliphatic rings. The lowest BCUT2D eigenvalue weighted by molar-refractivity contribution is 1.15. The summed E-state index contributed by atoms with van der Waals surface area (Å²) in [6, 6.07) is 31.3. The highest BCUT2D eigenvalue weighted by molar-refractivity contribution is 5.87. The summed E-state index contributed by atoms with van der Waals surface area (Å²) < 4.78 is 0. The van der Waals surface area contributed by atoms with Crippen LogP contribution in [0, 0.1) is 0 Å². The third-order valence-corrected chi connectivity index (χ3v) is 4.80. The molecule has 1 aliphatic heterocycles. The van der Waals surface area contributed by atoms with E-state index in [1.165, 1.54) is 11.1 Å². The monoisotopic (exact) mass is 346 g/mol. The van der Waals surface area contributed by atoms with Crippen molar-refractivity contribution >= 4 is 34.6 Å². The number of allylic oxidation sites excluding steroid dienone is 1. The van der Waals surface area contributed by atoms with Crippen LogP contribution >= 0.6 is 0 Å². The van der Waals surface area contributed by atoms with Crippen LogP contribution in [0.15, 0.2) is 103 Å². The van der Waals surface area contributed by atoms with E-state index in [1.807, 2.05) is 18.2 Å². The van der Waals surface area contributed by atoms with Gasteiger partial charge in [0.25, 0.3) is 0 Å². The summed E-state index contributed by atoms with van der Waals surface area (Å²) in [7, 11) is 0. The van der Waals surface area contributed by atoms with Crippen molar-refractivity contribution in [3.63, 3.8) is 0 Å². The standard InChI is InChI=1S/C25H18N2/c1-2-8-19(9-3-1)18-22-16-14-21-11-5-7-13-24(21)27(22)25-17-15-20-10-4-6-12-23(20)26-25/h1-18H. The van der Waals surface area contributed by atoms with Gasteiger partial charge in [0.2, 0.25) is 0 Å². The van der Waals surface area contributed by atoms with Crippen molar-refractivity contribution in [1.29, 1.82) is 0 Å². The van der Waals surface area contributed by atoms with Gasteiger partial charge in [0.15, 0.2) is 0 Å². The molecule has 4 aromatic rings. The molecule has 128 valence electrons. The van der Waals surface area contributed by atoms with Gasteiger partial charge in [-0.25, -0.2) is 4.98 Å². The number of para-hydroxylation sites is 2. The van der Waals surface area contributed by atoms with Crippen LogP contribution in [-0.4, -0.2) is 4.98 Å². The van der Waals surface area contributed by atoms with Gasteiger partial charge in [0.1, 0.15) is 5.82 Å². The van der Waals surface area contributed by atoms with E-state index < -0.39 is 0 Å². The van der Waals surface area contributed by atoms with Crippen LogP contribution in [0.2, 0.25) is 0 Å². The van der Waals surface area contributed by atoms with Crippen molar-refractivity contribution in [2.24, 2.45) is 0 Å². The summed E-state index contributed by atoms with van der Waals surface area (Å²) in [5.41, 5.74) is 5.61. The normalized spacial score (nSPS) is 14.5. The Kier molecular flexibility index (Phi) is 3.80. The number of fused-ring (bicyclic) bond motifs is 2. The Morgan fingerprint density at radius 3 is 2.37 bits per heavy atom. The Morgan fingerprint density at radius 1 is 0.667 bits per heavy atom. The number of benzene rings is 3. The van der Waals surface area contributed by atoms with E-state index in [9.17, 15) is 0 Å². The van der Waals surface area contributed by atoms with E-state index in [0.717, 1.165) is 28.1 Å². The van der Waals surface area contributed by atoms with Gasteiger partial charge in [0.05, 0.1) is 11.2 Å².